The predicted octanol–water partition coefficient (Wildman–Crippen LogP) is 2.90. The van der Waals surface area contributed by atoms with Crippen LogP contribution in [0.3, 0.4) is 0 Å². The Kier molecular flexibility index (Phi) is 4.29. The summed E-state index contributed by atoms with van der Waals surface area (Å²) < 4.78 is 0. The molecule has 19 heavy (non-hydrogen) atoms. The first-order chi connectivity index (χ1) is 9.24. The summed E-state index contributed by atoms with van der Waals surface area (Å²) in [5.74, 6) is -0.133. The Bertz CT molecular complexity index is 562. The lowest BCUT2D eigenvalue weighted by atomic mass is 10.2. The van der Waals surface area contributed by atoms with Gasteiger partial charge in [0, 0.05) is 13.1 Å². The summed E-state index contributed by atoms with van der Waals surface area (Å²) in [6.07, 6.45) is 1.82. The zero-order valence-corrected chi connectivity index (χ0v) is 10.6. The largest absolute Gasteiger partial charge is 0.299 e. The molecule has 0 fully saturated rings. The summed E-state index contributed by atoms with van der Waals surface area (Å²) in [5.41, 5.74) is 8.04. The van der Waals surface area contributed by atoms with Crippen LogP contribution >= 0.6 is 0 Å². The summed E-state index contributed by atoms with van der Waals surface area (Å²) in [6, 6.07) is 17.4. The van der Waals surface area contributed by atoms with Crippen LogP contribution in [0.5, 0.6) is 0 Å². The maximum Gasteiger partial charge on any atom is 0.235 e. The average Bonchev–Trinajstić information content (AvgIpc) is 2.45. The van der Waals surface area contributed by atoms with Crippen molar-refractivity contribution in [2.45, 2.75) is 6.92 Å². The second kappa shape index (κ2) is 6.35. The molecule has 4 nitrogen and oxygen atoms in total. The van der Waals surface area contributed by atoms with Crippen LogP contribution in [0.2, 0.25) is 0 Å². The topological polar surface area (TPSA) is 53.5 Å². The molecule has 0 atom stereocenters. The van der Waals surface area contributed by atoms with E-state index in [1.807, 2.05) is 60.8 Å². The highest BCUT2D eigenvalue weighted by Crippen LogP contribution is 2.15. The lowest BCUT2D eigenvalue weighted by Crippen LogP contribution is -2.26. The van der Waals surface area contributed by atoms with Crippen molar-refractivity contribution in [1.29, 1.82) is 0 Å². The van der Waals surface area contributed by atoms with E-state index in [1.165, 1.54) is 6.92 Å². The quantitative estimate of drug-likeness (QED) is 0.650. The van der Waals surface area contributed by atoms with Crippen molar-refractivity contribution in [2.24, 2.45) is 4.99 Å². The van der Waals surface area contributed by atoms with Crippen molar-refractivity contribution in [3.8, 4) is 0 Å². The zero-order chi connectivity index (χ0) is 13.5. The Hall–Kier alpha value is -2.62. The first-order valence-corrected chi connectivity index (χ1v) is 5.96. The summed E-state index contributed by atoms with van der Waals surface area (Å²) in [5, 5.41) is 0. The number of hydrogen-bond donors (Lipinski definition) is 2. The number of anilines is 1. The first kappa shape index (κ1) is 12.8. The zero-order valence-electron chi connectivity index (χ0n) is 10.6. The fraction of sp³-hybridized carbons (Fsp3) is 0.0667. The van der Waals surface area contributed by atoms with E-state index in [1.54, 1.807) is 0 Å². The van der Waals surface area contributed by atoms with Gasteiger partial charge in [-0.15, -0.1) is 0 Å². The smallest absolute Gasteiger partial charge is 0.235 e. The van der Waals surface area contributed by atoms with E-state index >= 15 is 0 Å². The minimum Gasteiger partial charge on any atom is -0.299 e. The number of aliphatic imine (C=N–C) groups is 1. The van der Waals surface area contributed by atoms with Gasteiger partial charge in [-0.05, 0) is 29.8 Å². The summed E-state index contributed by atoms with van der Waals surface area (Å²) >= 11 is 0. The van der Waals surface area contributed by atoms with Gasteiger partial charge in [0.1, 0.15) is 0 Å². The van der Waals surface area contributed by atoms with Gasteiger partial charge in [-0.2, -0.15) is 0 Å². The number of carbonyl (C=O) groups is 1. The van der Waals surface area contributed by atoms with Crippen LogP contribution in [-0.2, 0) is 4.79 Å². The van der Waals surface area contributed by atoms with E-state index in [2.05, 4.69) is 15.8 Å². The van der Waals surface area contributed by atoms with Crippen LogP contribution < -0.4 is 10.9 Å². The van der Waals surface area contributed by atoms with Crippen molar-refractivity contribution >= 4 is 23.5 Å². The Morgan fingerprint density at radius 2 is 1.74 bits per heavy atom. The molecule has 2 aromatic rings. The van der Waals surface area contributed by atoms with Crippen molar-refractivity contribution in [3.63, 3.8) is 0 Å². The van der Waals surface area contributed by atoms with E-state index in [-0.39, 0.29) is 5.91 Å². The molecule has 0 bridgehead atoms. The third kappa shape index (κ3) is 4.27. The fourth-order valence-electron chi connectivity index (χ4n) is 1.48. The fourth-order valence-corrected chi connectivity index (χ4v) is 1.48. The second-order valence-corrected chi connectivity index (χ2v) is 4.02. The number of nitrogens with zero attached hydrogens (tertiary/aromatic N) is 1. The SMILES string of the molecule is CC(=O)NNc1ccc(N=Cc2ccccc2)cc1. The highest BCUT2D eigenvalue weighted by molar-refractivity contribution is 5.82. The predicted molar refractivity (Wildman–Crippen MR) is 77.6 cm³/mol. The van der Waals surface area contributed by atoms with Gasteiger partial charge < -0.3 is 0 Å². The number of benzene rings is 2. The molecule has 0 spiro atoms. The van der Waals surface area contributed by atoms with Crippen molar-refractivity contribution in [3.05, 3.63) is 60.2 Å². The van der Waals surface area contributed by atoms with E-state index < -0.39 is 0 Å². The summed E-state index contributed by atoms with van der Waals surface area (Å²) in [6.45, 7) is 1.45. The van der Waals surface area contributed by atoms with Crippen LogP contribution in [0.4, 0.5) is 11.4 Å². The Morgan fingerprint density at radius 1 is 1.05 bits per heavy atom. The van der Waals surface area contributed by atoms with Crippen LogP contribution in [0.25, 0.3) is 0 Å². The van der Waals surface area contributed by atoms with Crippen molar-refractivity contribution in [1.82, 2.24) is 5.43 Å². The van der Waals surface area contributed by atoms with Crippen molar-refractivity contribution < 1.29 is 4.79 Å². The molecule has 0 heterocycles. The number of nitrogens with one attached hydrogen (secondary N) is 2. The number of hydrazine groups is 1. The average molecular weight is 253 g/mol. The Labute approximate surface area is 112 Å². The minimum atomic E-state index is -0.133. The lowest BCUT2D eigenvalue weighted by molar-refractivity contribution is -0.118. The van der Waals surface area contributed by atoms with Gasteiger partial charge in [-0.25, -0.2) is 0 Å². The van der Waals surface area contributed by atoms with E-state index in [0.29, 0.717) is 0 Å². The molecular formula is C15H15N3O. The van der Waals surface area contributed by atoms with Gasteiger partial charge >= 0.3 is 0 Å². The number of amides is 1. The maximum atomic E-state index is 10.7. The van der Waals surface area contributed by atoms with Crippen LogP contribution in [0, 0.1) is 0 Å². The van der Waals surface area contributed by atoms with Crippen LogP contribution in [0.15, 0.2) is 59.6 Å². The van der Waals surface area contributed by atoms with Crippen LogP contribution in [0.1, 0.15) is 12.5 Å². The molecule has 0 aliphatic heterocycles. The first-order valence-electron chi connectivity index (χ1n) is 5.96. The molecule has 2 aromatic carbocycles. The highest BCUT2D eigenvalue weighted by Gasteiger charge is 1.93. The number of rotatable bonds is 4. The molecule has 4 heteroatoms. The molecule has 0 radical (unpaired) electrons. The van der Waals surface area contributed by atoms with Gasteiger partial charge in [0.25, 0.3) is 0 Å². The molecule has 0 unspecified atom stereocenters. The monoisotopic (exact) mass is 253 g/mol. The van der Waals surface area contributed by atoms with E-state index in [0.717, 1.165) is 16.9 Å². The maximum absolute atomic E-state index is 10.7. The van der Waals surface area contributed by atoms with Gasteiger partial charge in [0.15, 0.2) is 0 Å². The molecular weight excluding hydrogens is 238 g/mol. The molecule has 0 saturated heterocycles. The third-order valence-corrected chi connectivity index (χ3v) is 2.41. The van der Waals surface area contributed by atoms with E-state index in [4.69, 9.17) is 0 Å². The lowest BCUT2D eigenvalue weighted by Gasteiger charge is -2.05. The minimum absolute atomic E-state index is 0.133. The van der Waals surface area contributed by atoms with Crippen LogP contribution in [-0.4, -0.2) is 12.1 Å². The highest BCUT2D eigenvalue weighted by atomic mass is 16.2. The summed E-state index contributed by atoms with van der Waals surface area (Å²) in [7, 11) is 0. The summed E-state index contributed by atoms with van der Waals surface area (Å²) in [4.78, 5) is 15.1. The second-order valence-electron chi connectivity index (χ2n) is 4.02. The van der Waals surface area contributed by atoms with E-state index in [9.17, 15) is 4.79 Å². The normalized spacial score (nSPS) is 10.4. The Balaban J connectivity index is 1.99. The molecule has 0 aromatic heterocycles. The van der Waals surface area contributed by atoms with Gasteiger partial charge in [0.05, 0.1) is 11.4 Å². The van der Waals surface area contributed by atoms with Gasteiger partial charge in [-0.3, -0.25) is 20.6 Å². The molecule has 0 aliphatic carbocycles. The Morgan fingerprint density at radius 3 is 2.37 bits per heavy atom. The number of hydrogen-bond acceptors (Lipinski definition) is 3. The van der Waals surface area contributed by atoms with Gasteiger partial charge in [0.2, 0.25) is 5.91 Å². The molecule has 2 N–H and O–H groups in total. The molecule has 0 saturated carbocycles. The van der Waals surface area contributed by atoms with Gasteiger partial charge in [-0.1, -0.05) is 30.3 Å². The molecule has 96 valence electrons. The standard InChI is InChI=1S/C15H15N3O/c1-12(19)17-18-15-9-7-14(8-10-15)16-11-13-5-3-2-4-6-13/h2-11,18H,1H3,(H,17,19). The number of carbonyl (C=O) groups excluding carboxylic acids is 1. The molecule has 2 rings (SSSR count). The van der Waals surface area contributed by atoms with Crippen molar-refractivity contribution in [2.75, 3.05) is 5.43 Å². The third-order valence-electron chi connectivity index (χ3n) is 2.41. The molecule has 1 amide bonds. The molecule has 0 aliphatic rings.